The van der Waals surface area contributed by atoms with Gasteiger partial charge in [-0.3, -0.25) is 4.79 Å². The zero-order chi connectivity index (χ0) is 13.5. The summed E-state index contributed by atoms with van der Waals surface area (Å²) in [4.78, 5) is 11.9. The molecule has 0 spiro atoms. The first-order valence-electron chi connectivity index (χ1n) is 7.04. The lowest BCUT2D eigenvalue weighted by atomic mass is 10.2. The zero-order valence-electron chi connectivity index (χ0n) is 11.4. The standard InChI is InChI=1S/C15H22N2O2/c1-2-19-14-10-6-5-9-13(14)17-15(18)11-16-12-7-3-4-8-12/h5-6,9-10,12,16H,2-4,7-8,11H2,1H3,(H,17,18). The molecule has 0 aliphatic heterocycles. The lowest BCUT2D eigenvalue weighted by Gasteiger charge is -2.13. The van der Waals surface area contributed by atoms with E-state index >= 15 is 0 Å². The Labute approximate surface area is 114 Å². The summed E-state index contributed by atoms with van der Waals surface area (Å²) in [5.41, 5.74) is 0.738. The van der Waals surface area contributed by atoms with Gasteiger partial charge < -0.3 is 15.4 Å². The highest BCUT2D eigenvalue weighted by atomic mass is 16.5. The number of ether oxygens (including phenoxy) is 1. The molecule has 2 rings (SSSR count). The van der Waals surface area contributed by atoms with Crippen molar-refractivity contribution in [1.29, 1.82) is 0 Å². The number of nitrogens with one attached hydrogen (secondary N) is 2. The molecule has 1 saturated carbocycles. The zero-order valence-corrected chi connectivity index (χ0v) is 11.4. The lowest BCUT2D eigenvalue weighted by molar-refractivity contribution is -0.115. The number of rotatable bonds is 6. The van der Waals surface area contributed by atoms with Crippen molar-refractivity contribution in [3.8, 4) is 5.75 Å². The minimum Gasteiger partial charge on any atom is -0.492 e. The third-order valence-corrected chi connectivity index (χ3v) is 3.37. The molecule has 0 bridgehead atoms. The van der Waals surface area contributed by atoms with E-state index in [0.717, 1.165) is 11.4 Å². The molecule has 0 heterocycles. The average molecular weight is 262 g/mol. The van der Waals surface area contributed by atoms with E-state index in [1.165, 1.54) is 25.7 Å². The van der Waals surface area contributed by atoms with Crippen LogP contribution in [0.5, 0.6) is 5.75 Å². The number of carbonyl (C=O) groups excluding carboxylic acids is 1. The molecule has 1 fully saturated rings. The maximum atomic E-state index is 11.9. The van der Waals surface area contributed by atoms with Gasteiger partial charge in [-0.1, -0.05) is 25.0 Å². The summed E-state index contributed by atoms with van der Waals surface area (Å²) in [5, 5.41) is 6.19. The van der Waals surface area contributed by atoms with Gasteiger partial charge in [-0.15, -0.1) is 0 Å². The van der Waals surface area contributed by atoms with Crippen molar-refractivity contribution < 1.29 is 9.53 Å². The highest BCUT2D eigenvalue weighted by molar-refractivity contribution is 5.93. The number of hydrogen-bond acceptors (Lipinski definition) is 3. The first-order chi connectivity index (χ1) is 9.29. The third kappa shape index (κ3) is 4.24. The second-order valence-corrected chi connectivity index (χ2v) is 4.84. The number of anilines is 1. The predicted molar refractivity (Wildman–Crippen MR) is 76.5 cm³/mol. The van der Waals surface area contributed by atoms with E-state index in [1.54, 1.807) is 0 Å². The smallest absolute Gasteiger partial charge is 0.238 e. The second-order valence-electron chi connectivity index (χ2n) is 4.84. The van der Waals surface area contributed by atoms with Crippen LogP contribution in [0.2, 0.25) is 0 Å². The van der Waals surface area contributed by atoms with Crippen molar-refractivity contribution in [1.82, 2.24) is 5.32 Å². The molecule has 104 valence electrons. The van der Waals surface area contributed by atoms with E-state index in [9.17, 15) is 4.79 Å². The molecule has 1 aromatic carbocycles. The lowest BCUT2D eigenvalue weighted by Crippen LogP contribution is -2.34. The molecule has 2 N–H and O–H groups in total. The van der Waals surface area contributed by atoms with Crippen molar-refractivity contribution in [3.05, 3.63) is 24.3 Å². The molecule has 0 aromatic heterocycles. The molecule has 0 radical (unpaired) electrons. The number of hydrogen-bond donors (Lipinski definition) is 2. The molecular weight excluding hydrogens is 240 g/mol. The maximum absolute atomic E-state index is 11.9. The van der Waals surface area contributed by atoms with Gasteiger partial charge in [0, 0.05) is 6.04 Å². The van der Waals surface area contributed by atoms with Crippen LogP contribution >= 0.6 is 0 Å². The molecule has 0 atom stereocenters. The Hall–Kier alpha value is -1.55. The van der Waals surface area contributed by atoms with Crippen LogP contribution < -0.4 is 15.4 Å². The molecule has 1 aliphatic rings. The SMILES string of the molecule is CCOc1ccccc1NC(=O)CNC1CCCC1. The highest BCUT2D eigenvalue weighted by Crippen LogP contribution is 2.23. The summed E-state index contributed by atoms with van der Waals surface area (Å²) in [7, 11) is 0. The first kappa shape index (κ1) is 13.9. The van der Waals surface area contributed by atoms with Crippen molar-refractivity contribution >= 4 is 11.6 Å². The van der Waals surface area contributed by atoms with Crippen LogP contribution in [0.4, 0.5) is 5.69 Å². The van der Waals surface area contributed by atoms with Gasteiger partial charge in [0.15, 0.2) is 0 Å². The summed E-state index contributed by atoms with van der Waals surface area (Å²) in [6.07, 6.45) is 4.91. The Morgan fingerprint density at radius 2 is 2.05 bits per heavy atom. The summed E-state index contributed by atoms with van der Waals surface area (Å²) in [5.74, 6) is 0.707. The average Bonchev–Trinajstić information content (AvgIpc) is 2.92. The molecule has 0 unspecified atom stereocenters. The van der Waals surface area contributed by atoms with E-state index in [0.29, 0.717) is 19.2 Å². The minimum atomic E-state index is -0.0148. The molecule has 4 heteroatoms. The van der Waals surface area contributed by atoms with Crippen LogP contribution in [0.1, 0.15) is 32.6 Å². The molecule has 0 saturated heterocycles. The van der Waals surface area contributed by atoms with E-state index in [-0.39, 0.29) is 5.91 Å². The van der Waals surface area contributed by atoms with E-state index < -0.39 is 0 Å². The fourth-order valence-corrected chi connectivity index (χ4v) is 2.41. The van der Waals surface area contributed by atoms with Crippen LogP contribution in [-0.2, 0) is 4.79 Å². The van der Waals surface area contributed by atoms with Crippen LogP contribution in [0.15, 0.2) is 24.3 Å². The van der Waals surface area contributed by atoms with E-state index in [1.807, 2.05) is 31.2 Å². The predicted octanol–water partition coefficient (Wildman–Crippen LogP) is 2.56. The molecule has 19 heavy (non-hydrogen) atoms. The van der Waals surface area contributed by atoms with Gasteiger partial charge in [0.25, 0.3) is 0 Å². The minimum absolute atomic E-state index is 0.0148. The van der Waals surface area contributed by atoms with Crippen LogP contribution in [0, 0.1) is 0 Å². The molecule has 1 aromatic rings. The fraction of sp³-hybridized carbons (Fsp3) is 0.533. The summed E-state index contributed by atoms with van der Waals surface area (Å²) >= 11 is 0. The second kappa shape index (κ2) is 7.14. The monoisotopic (exact) mass is 262 g/mol. The number of benzene rings is 1. The van der Waals surface area contributed by atoms with Gasteiger partial charge >= 0.3 is 0 Å². The van der Waals surface area contributed by atoms with Crippen LogP contribution in [-0.4, -0.2) is 25.1 Å². The van der Waals surface area contributed by atoms with E-state index in [2.05, 4.69) is 10.6 Å². The van der Waals surface area contributed by atoms with Gasteiger partial charge in [-0.2, -0.15) is 0 Å². The van der Waals surface area contributed by atoms with Gasteiger partial charge in [0.2, 0.25) is 5.91 Å². The fourth-order valence-electron chi connectivity index (χ4n) is 2.41. The van der Waals surface area contributed by atoms with Gasteiger partial charge in [-0.05, 0) is 31.9 Å². The van der Waals surface area contributed by atoms with Gasteiger partial charge in [0.1, 0.15) is 5.75 Å². The highest BCUT2D eigenvalue weighted by Gasteiger charge is 2.15. The Morgan fingerprint density at radius 3 is 2.79 bits per heavy atom. The molecular formula is C15H22N2O2. The molecule has 1 amide bonds. The topological polar surface area (TPSA) is 50.4 Å². The number of para-hydroxylation sites is 2. The first-order valence-corrected chi connectivity index (χ1v) is 7.04. The van der Waals surface area contributed by atoms with E-state index in [4.69, 9.17) is 4.74 Å². The van der Waals surface area contributed by atoms with Gasteiger partial charge in [0.05, 0.1) is 18.8 Å². The largest absolute Gasteiger partial charge is 0.492 e. The Balaban J connectivity index is 1.83. The van der Waals surface area contributed by atoms with Crippen LogP contribution in [0.3, 0.4) is 0 Å². The van der Waals surface area contributed by atoms with Crippen molar-refractivity contribution in [3.63, 3.8) is 0 Å². The Bertz CT molecular complexity index is 414. The van der Waals surface area contributed by atoms with Gasteiger partial charge in [-0.25, -0.2) is 0 Å². The van der Waals surface area contributed by atoms with Crippen molar-refractivity contribution in [2.45, 2.75) is 38.6 Å². The number of amides is 1. The molecule has 1 aliphatic carbocycles. The quantitative estimate of drug-likeness (QED) is 0.828. The van der Waals surface area contributed by atoms with Crippen LogP contribution in [0.25, 0.3) is 0 Å². The third-order valence-electron chi connectivity index (χ3n) is 3.37. The summed E-state index contributed by atoms with van der Waals surface area (Å²) in [6.45, 7) is 2.89. The summed E-state index contributed by atoms with van der Waals surface area (Å²) < 4.78 is 5.48. The maximum Gasteiger partial charge on any atom is 0.238 e. The number of carbonyl (C=O) groups is 1. The normalized spacial score (nSPS) is 15.4. The van der Waals surface area contributed by atoms with Crippen molar-refractivity contribution in [2.75, 3.05) is 18.5 Å². The summed E-state index contributed by atoms with van der Waals surface area (Å²) in [6, 6.07) is 8.02. The Kier molecular flexibility index (Phi) is 5.21. The molecule has 4 nitrogen and oxygen atoms in total. The van der Waals surface area contributed by atoms with Crippen molar-refractivity contribution in [2.24, 2.45) is 0 Å². The Morgan fingerprint density at radius 1 is 1.32 bits per heavy atom.